The number of unbranched alkanes of at least 4 members (excludes halogenated alkanes) is 3. The molecule has 0 saturated carbocycles. The smallest absolute Gasteiger partial charge is 0.336 e. The van der Waals surface area contributed by atoms with E-state index in [4.69, 9.17) is 4.84 Å². The number of hydroxylamine groups is 1. The molecule has 6 nitrogen and oxygen atoms in total. The van der Waals surface area contributed by atoms with E-state index in [1.165, 1.54) is 6.08 Å². The molecule has 2 rings (SSSR count). The van der Waals surface area contributed by atoms with Gasteiger partial charge in [0.25, 0.3) is 5.91 Å². The zero-order valence-corrected chi connectivity index (χ0v) is 16.3. The van der Waals surface area contributed by atoms with Crippen molar-refractivity contribution in [2.75, 3.05) is 5.32 Å². The lowest BCUT2D eigenvalue weighted by Gasteiger charge is -2.05. The van der Waals surface area contributed by atoms with E-state index in [2.05, 4.69) is 10.8 Å². The van der Waals surface area contributed by atoms with Crippen LogP contribution in [0.5, 0.6) is 0 Å². The Morgan fingerprint density at radius 2 is 1.34 bits per heavy atom. The molecule has 2 aromatic rings. The number of carbonyl (C=O) groups excluding carboxylic acids is 3. The van der Waals surface area contributed by atoms with E-state index in [1.54, 1.807) is 6.08 Å². The predicted molar refractivity (Wildman–Crippen MR) is 112 cm³/mol. The van der Waals surface area contributed by atoms with Gasteiger partial charge in [0, 0.05) is 24.6 Å². The first kappa shape index (κ1) is 21.9. The molecular formula is C23H26N2O4. The highest BCUT2D eigenvalue weighted by Crippen LogP contribution is 2.09. The first-order valence-electron chi connectivity index (χ1n) is 9.71. The zero-order chi connectivity index (χ0) is 20.7. The lowest BCUT2D eigenvalue weighted by atomic mass is 10.1. The van der Waals surface area contributed by atoms with E-state index in [9.17, 15) is 14.4 Å². The fourth-order valence-electron chi connectivity index (χ4n) is 2.59. The van der Waals surface area contributed by atoms with Crippen LogP contribution in [-0.4, -0.2) is 17.8 Å². The lowest BCUT2D eigenvalue weighted by Crippen LogP contribution is -2.25. The van der Waals surface area contributed by atoms with Crippen molar-refractivity contribution in [1.29, 1.82) is 0 Å². The van der Waals surface area contributed by atoms with E-state index in [0.717, 1.165) is 30.5 Å². The Balaban J connectivity index is 1.48. The molecule has 2 N–H and O–H groups in total. The van der Waals surface area contributed by atoms with Gasteiger partial charge in [0.15, 0.2) is 0 Å². The molecule has 0 fully saturated rings. The van der Waals surface area contributed by atoms with Crippen molar-refractivity contribution < 1.29 is 19.2 Å². The Bertz CT molecular complexity index is 804. The lowest BCUT2D eigenvalue weighted by molar-refractivity contribution is -0.153. The Morgan fingerprint density at radius 1 is 0.759 bits per heavy atom. The van der Waals surface area contributed by atoms with E-state index in [0.29, 0.717) is 12.8 Å². The summed E-state index contributed by atoms with van der Waals surface area (Å²) < 4.78 is 0. The minimum absolute atomic E-state index is 0.00980. The van der Waals surface area contributed by atoms with E-state index in [1.807, 2.05) is 60.7 Å². The SMILES string of the molecule is O=C(CCCCCCC(=O)Nc1ccccc1)NOC(=O)/C=C/c1ccccc1. The Kier molecular flexibility index (Phi) is 9.72. The van der Waals surface area contributed by atoms with E-state index in [-0.39, 0.29) is 18.2 Å². The molecular weight excluding hydrogens is 368 g/mol. The third kappa shape index (κ3) is 9.91. The molecule has 0 spiro atoms. The number of amides is 2. The molecule has 6 heteroatoms. The quantitative estimate of drug-likeness (QED) is 0.358. The summed E-state index contributed by atoms with van der Waals surface area (Å²) in [6.45, 7) is 0. The van der Waals surface area contributed by atoms with Crippen LogP contribution in [0, 0.1) is 0 Å². The van der Waals surface area contributed by atoms with Crippen LogP contribution < -0.4 is 10.8 Å². The van der Waals surface area contributed by atoms with Gasteiger partial charge < -0.3 is 10.2 Å². The molecule has 0 aromatic heterocycles. The summed E-state index contributed by atoms with van der Waals surface area (Å²) in [7, 11) is 0. The first-order valence-corrected chi connectivity index (χ1v) is 9.71. The number of para-hydroxylation sites is 1. The second-order valence-electron chi connectivity index (χ2n) is 6.52. The Hall–Kier alpha value is -3.41. The van der Waals surface area contributed by atoms with Gasteiger partial charge in [-0.3, -0.25) is 9.59 Å². The van der Waals surface area contributed by atoms with Crippen LogP contribution in [0.2, 0.25) is 0 Å². The largest absolute Gasteiger partial charge is 0.355 e. The van der Waals surface area contributed by atoms with Crippen molar-refractivity contribution in [2.24, 2.45) is 0 Å². The number of rotatable bonds is 10. The molecule has 0 bridgehead atoms. The van der Waals surface area contributed by atoms with Gasteiger partial charge in [-0.2, -0.15) is 5.48 Å². The Morgan fingerprint density at radius 3 is 2.00 bits per heavy atom. The van der Waals surface area contributed by atoms with Gasteiger partial charge in [0.2, 0.25) is 5.91 Å². The van der Waals surface area contributed by atoms with Gasteiger partial charge in [-0.25, -0.2) is 4.79 Å². The van der Waals surface area contributed by atoms with Gasteiger partial charge >= 0.3 is 5.97 Å². The molecule has 0 aliphatic heterocycles. The fraction of sp³-hybridized carbons (Fsp3) is 0.261. The molecule has 2 amide bonds. The fourth-order valence-corrected chi connectivity index (χ4v) is 2.59. The van der Waals surface area contributed by atoms with Gasteiger partial charge in [0.1, 0.15) is 0 Å². The third-order valence-electron chi connectivity index (χ3n) is 4.09. The van der Waals surface area contributed by atoms with Crippen molar-refractivity contribution in [3.8, 4) is 0 Å². The molecule has 0 atom stereocenters. The maximum absolute atomic E-state index is 11.8. The highest BCUT2D eigenvalue weighted by atomic mass is 16.7. The highest BCUT2D eigenvalue weighted by Gasteiger charge is 2.05. The summed E-state index contributed by atoms with van der Waals surface area (Å²) in [5.74, 6) is -0.982. The van der Waals surface area contributed by atoms with Crippen LogP contribution in [-0.2, 0) is 19.2 Å². The van der Waals surface area contributed by atoms with E-state index >= 15 is 0 Å². The number of benzene rings is 2. The minimum Gasteiger partial charge on any atom is -0.336 e. The molecule has 29 heavy (non-hydrogen) atoms. The third-order valence-corrected chi connectivity index (χ3v) is 4.09. The maximum atomic E-state index is 11.8. The number of nitrogens with one attached hydrogen (secondary N) is 2. The van der Waals surface area contributed by atoms with Crippen molar-refractivity contribution >= 4 is 29.5 Å². The molecule has 152 valence electrons. The first-order chi connectivity index (χ1) is 14.1. The average Bonchev–Trinajstić information content (AvgIpc) is 2.74. The normalized spacial score (nSPS) is 10.5. The summed E-state index contributed by atoms with van der Waals surface area (Å²) >= 11 is 0. The van der Waals surface area contributed by atoms with E-state index < -0.39 is 5.97 Å². The van der Waals surface area contributed by atoms with Crippen molar-refractivity contribution in [3.63, 3.8) is 0 Å². The summed E-state index contributed by atoms with van der Waals surface area (Å²) in [5, 5.41) is 2.84. The molecule has 2 aromatic carbocycles. The van der Waals surface area contributed by atoms with Crippen LogP contribution in [0.15, 0.2) is 66.7 Å². The molecule has 0 unspecified atom stereocenters. The summed E-state index contributed by atoms with van der Waals surface area (Å²) in [4.78, 5) is 39.8. The number of hydrogen-bond donors (Lipinski definition) is 2. The van der Waals surface area contributed by atoms with Crippen LogP contribution >= 0.6 is 0 Å². The standard InChI is InChI=1S/C23H26N2O4/c26-21(24-20-13-7-4-8-14-20)15-9-1-2-10-16-22(27)25-29-23(28)18-17-19-11-5-3-6-12-19/h3-8,11-14,17-18H,1-2,9-10,15-16H2,(H,24,26)(H,25,27)/b18-17+. The molecule has 0 heterocycles. The average molecular weight is 394 g/mol. The van der Waals surface area contributed by atoms with Gasteiger partial charge in [0.05, 0.1) is 0 Å². The molecule has 0 aliphatic carbocycles. The van der Waals surface area contributed by atoms with Crippen LogP contribution in [0.1, 0.15) is 44.1 Å². The van der Waals surface area contributed by atoms with Crippen molar-refractivity contribution in [3.05, 3.63) is 72.3 Å². The van der Waals surface area contributed by atoms with Gasteiger partial charge in [-0.1, -0.05) is 61.4 Å². The number of carbonyl (C=O) groups is 3. The highest BCUT2D eigenvalue weighted by molar-refractivity contribution is 5.90. The Labute approximate surface area is 170 Å². The van der Waals surface area contributed by atoms with Crippen molar-refractivity contribution in [1.82, 2.24) is 5.48 Å². The second kappa shape index (κ2) is 12.9. The molecule has 0 aliphatic rings. The van der Waals surface area contributed by atoms with Gasteiger partial charge in [-0.05, 0) is 36.6 Å². The topological polar surface area (TPSA) is 84.5 Å². The number of hydrogen-bond acceptors (Lipinski definition) is 4. The minimum atomic E-state index is -0.633. The summed E-state index contributed by atoms with van der Waals surface area (Å²) in [5.41, 5.74) is 3.81. The molecule has 0 radical (unpaired) electrons. The number of anilines is 1. The van der Waals surface area contributed by atoms with Crippen LogP contribution in [0.3, 0.4) is 0 Å². The van der Waals surface area contributed by atoms with Crippen LogP contribution in [0.25, 0.3) is 6.08 Å². The summed E-state index contributed by atoms with van der Waals surface area (Å²) in [6.07, 6.45) is 6.71. The van der Waals surface area contributed by atoms with Crippen LogP contribution in [0.4, 0.5) is 5.69 Å². The van der Waals surface area contributed by atoms with Gasteiger partial charge in [-0.15, -0.1) is 0 Å². The zero-order valence-electron chi connectivity index (χ0n) is 16.3. The molecule has 0 saturated heterocycles. The monoisotopic (exact) mass is 394 g/mol. The van der Waals surface area contributed by atoms with Crippen molar-refractivity contribution in [2.45, 2.75) is 38.5 Å². The predicted octanol–water partition coefficient (Wildman–Crippen LogP) is 4.25. The maximum Gasteiger partial charge on any atom is 0.355 e. The second-order valence-corrected chi connectivity index (χ2v) is 6.52. The summed E-state index contributed by atoms with van der Waals surface area (Å²) in [6, 6.07) is 18.7.